The molecule has 0 unspecified atom stereocenters. The van der Waals surface area contributed by atoms with Crippen LogP contribution >= 0.6 is 0 Å². The molecule has 4 rings (SSSR count). The molecule has 2 saturated heterocycles. The molecule has 0 bridgehead atoms. The molecule has 2 atom stereocenters. The smallest absolute Gasteiger partial charge is 0.228 e. The molecule has 0 radical (unpaired) electrons. The summed E-state index contributed by atoms with van der Waals surface area (Å²) in [5, 5.41) is 3.21. The van der Waals surface area contributed by atoms with E-state index in [1.54, 1.807) is 7.11 Å². The summed E-state index contributed by atoms with van der Waals surface area (Å²) in [6.07, 6.45) is 5.07. The highest BCUT2D eigenvalue weighted by Gasteiger charge is 2.51. The van der Waals surface area contributed by atoms with Gasteiger partial charge in [-0.25, -0.2) is 0 Å². The second kappa shape index (κ2) is 8.17. The first-order valence-electron chi connectivity index (χ1n) is 10.2. The average Bonchev–Trinajstić information content (AvgIpc) is 3.46. The highest BCUT2D eigenvalue weighted by Crippen LogP contribution is 2.42. The van der Waals surface area contributed by atoms with E-state index in [0.717, 1.165) is 38.1 Å². The van der Waals surface area contributed by atoms with Gasteiger partial charge in [0.25, 0.3) is 0 Å². The summed E-state index contributed by atoms with van der Waals surface area (Å²) in [4.78, 5) is 15.4. The summed E-state index contributed by atoms with van der Waals surface area (Å²) in [5.74, 6) is 0.0430. The summed E-state index contributed by atoms with van der Waals surface area (Å²) < 4.78 is 17.0. The fourth-order valence-electron chi connectivity index (χ4n) is 4.75. The Morgan fingerprint density at radius 1 is 1.22 bits per heavy atom. The zero-order valence-corrected chi connectivity index (χ0v) is 16.1. The molecule has 0 aromatic heterocycles. The Bertz CT molecular complexity index is 631. The van der Waals surface area contributed by atoms with E-state index >= 15 is 0 Å². The first kappa shape index (κ1) is 18.7. The zero-order valence-electron chi connectivity index (χ0n) is 16.1. The Balaban J connectivity index is 1.44. The van der Waals surface area contributed by atoms with Crippen molar-refractivity contribution in [1.29, 1.82) is 0 Å². The van der Waals surface area contributed by atoms with E-state index in [1.165, 1.54) is 18.4 Å². The van der Waals surface area contributed by atoms with Crippen molar-refractivity contribution in [3.8, 4) is 5.75 Å². The maximum atomic E-state index is 12.9. The lowest BCUT2D eigenvalue weighted by atomic mass is 10.0. The van der Waals surface area contributed by atoms with Crippen molar-refractivity contribution in [2.75, 3.05) is 40.0 Å². The Morgan fingerprint density at radius 2 is 1.93 bits per heavy atom. The van der Waals surface area contributed by atoms with E-state index in [0.29, 0.717) is 19.8 Å². The van der Waals surface area contributed by atoms with Crippen LogP contribution in [0.4, 0.5) is 0 Å². The monoisotopic (exact) mass is 374 g/mol. The van der Waals surface area contributed by atoms with Gasteiger partial charge < -0.3 is 19.5 Å². The predicted octanol–water partition coefficient (Wildman–Crippen LogP) is 2.49. The number of nitrogens with zero attached hydrogens (tertiary/aromatic N) is 1. The van der Waals surface area contributed by atoms with Crippen LogP contribution in [0.15, 0.2) is 24.3 Å². The lowest BCUT2D eigenvalue weighted by Gasteiger charge is -2.31. The van der Waals surface area contributed by atoms with Crippen LogP contribution in [0.5, 0.6) is 5.75 Å². The molecule has 1 aliphatic carbocycles. The molecule has 2 heterocycles. The molecule has 1 aromatic carbocycles. The van der Waals surface area contributed by atoms with Gasteiger partial charge in [0.2, 0.25) is 5.91 Å². The highest BCUT2D eigenvalue weighted by molar-refractivity contribution is 5.80. The largest absolute Gasteiger partial charge is 0.497 e. The van der Waals surface area contributed by atoms with Crippen LogP contribution in [0, 0.1) is 5.92 Å². The Morgan fingerprint density at radius 3 is 2.59 bits per heavy atom. The molecule has 6 heteroatoms. The van der Waals surface area contributed by atoms with E-state index in [2.05, 4.69) is 22.3 Å². The zero-order chi connectivity index (χ0) is 18.7. The van der Waals surface area contributed by atoms with Crippen LogP contribution in [0.3, 0.4) is 0 Å². The van der Waals surface area contributed by atoms with Crippen LogP contribution in [0.2, 0.25) is 0 Å². The summed E-state index contributed by atoms with van der Waals surface area (Å²) >= 11 is 0. The van der Waals surface area contributed by atoms with Gasteiger partial charge in [0.15, 0.2) is 5.79 Å². The SMILES string of the molecule is COc1ccc([C@@H](CNC(=O)[C@H]2CCCC23OCCO3)N2CCCC2)cc1. The van der Waals surface area contributed by atoms with Gasteiger partial charge in [0.05, 0.1) is 32.3 Å². The number of nitrogens with one attached hydrogen (secondary N) is 1. The lowest BCUT2D eigenvalue weighted by molar-refractivity contribution is -0.186. The second-order valence-electron chi connectivity index (χ2n) is 7.73. The number of carbonyl (C=O) groups is 1. The van der Waals surface area contributed by atoms with Crippen molar-refractivity contribution < 1.29 is 19.0 Å². The number of amides is 1. The summed E-state index contributed by atoms with van der Waals surface area (Å²) in [7, 11) is 1.68. The van der Waals surface area contributed by atoms with E-state index in [4.69, 9.17) is 14.2 Å². The number of hydrogen-bond donors (Lipinski definition) is 1. The highest BCUT2D eigenvalue weighted by atomic mass is 16.7. The van der Waals surface area contributed by atoms with Gasteiger partial charge in [-0.2, -0.15) is 0 Å². The van der Waals surface area contributed by atoms with Crippen LogP contribution in [0.1, 0.15) is 43.7 Å². The number of rotatable bonds is 6. The third kappa shape index (κ3) is 3.84. The molecule has 27 heavy (non-hydrogen) atoms. The van der Waals surface area contributed by atoms with Crippen molar-refractivity contribution in [2.45, 2.75) is 43.9 Å². The molecule has 2 aliphatic heterocycles. The predicted molar refractivity (Wildman–Crippen MR) is 102 cm³/mol. The van der Waals surface area contributed by atoms with Gasteiger partial charge in [0, 0.05) is 13.0 Å². The van der Waals surface area contributed by atoms with E-state index in [-0.39, 0.29) is 17.9 Å². The molecule has 1 aromatic rings. The summed E-state index contributed by atoms with van der Waals surface area (Å²) in [6, 6.07) is 8.38. The molecule has 148 valence electrons. The Labute approximate surface area is 161 Å². The molecule has 6 nitrogen and oxygen atoms in total. The van der Waals surface area contributed by atoms with Gasteiger partial charge in [-0.05, 0) is 56.5 Å². The maximum absolute atomic E-state index is 12.9. The first-order valence-corrected chi connectivity index (χ1v) is 10.2. The standard InChI is InChI=1S/C21H30N2O4/c1-25-17-8-6-16(7-9-17)19(23-11-2-3-12-23)15-22-20(24)18-5-4-10-21(18)26-13-14-27-21/h6-9,18-19H,2-5,10-15H2,1H3,(H,22,24)/t18-,19-/m1/s1. The Kier molecular flexibility index (Phi) is 5.66. The van der Waals surface area contributed by atoms with Gasteiger partial charge in [-0.3, -0.25) is 9.69 Å². The maximum Gasteiger partial charge on any atom is 0.228 e. The number of benzene rings is 1. The molecule has 1 saturated carbocycles. The van der Waals surface area contributed by atoms with Crippen molar-refractivity contribution in [3.63, 3.8) is 0 Å². The Hall–Kier alpha value is -1.63. The topological polar surface area (TPSA) is 60.0 Å². The van der Waals surface area contributed by atoms with Crippen LogP contribution in [-0.2, 0) is 14.3 Å². The molecular formula is C21H30N2O4. The minimum Gasteiger partial charge on any atom is -0.497 e. The van der Waals surface area contributed by atoms with Crippen LogP contribution < -0.4 is 10.1 Å². The molecule has 1 amide bonds. The van der Waals surface area contributed by atoms with Crippen LogP contribution in [-0.4, -0.2) is 56.6 Å². The third-order valence-electron chi connectivity index (χ3n) is 6.19. The van der Waals surface area contributed by atoms with E-state index in [9.17, 15) is 4.79 Å². The van der Waals surface area contributed by atoms with Crippen molar-refractivity contribution in [3.05, 3.63) is 29.8 Å². The normalized spacial score (nSPS) is 25.7. The summed E-state index contributed by atoms with van der Waals surface area (Å²) in [5.41, 5.74) is 1.22. The molecule has 3 aliphatic rings. The van der Waals surface area contributed by atoms with E-state index in [1.807, 2.05) is 12.1 Å². The van der Waals surface area contributed by atoms with E-state index < -0.39 is 5.79 Å². The average molecular weight is 374 g/mol. The first-order chi connectivity index (χ1) is 13.2. The number of likely N-dealkylation sites (tertiary alicyclic amines) is 1. The molecule has 3 fully saturated rings. The van der Waals surface area contributed by atoms with Crippen molar-refractivity contribution in [1.82, 2.24) is 10.2 Å². The van der Waals surface area contributed by atoms with Crippen LogP contribution in [0.25, 0.3) is 0 Å². The minimum absolute atomic E-state index is 0.0621. The third-order valence-corrected chi connectivity index (χ3v) is 6.19. The van der Waals surface area contributed by atoms with Gasteiger partial charge >= 0.3 is 0 Å². The fourth-order valence-corrected chi connectivity index (χ4v) is 4.75. The molecule has 1 N–H and O–H groups in total. The van der Waals surface area contributed by atoms with Crippen molar-refractivity contribution in [2.24, 2.45) is 5.92 Å². The number of methoxy groups -OCH3 is 1. The minimum atomic E-state index is -0.673. The van der Waals surface area contributed by atoms with Gasteiger partial charge in [0.1, 0.15) is 5.75 Å². The quantitative estimate of drug-likeness (QED) is 0.829. The number of carbonyl (C=O) groups excluding carboxylic acids is 1. The van der Waals surface area contributed by atoms with Gasteiger partial charge in [-0.15, -0.1) is 0 Å². The van der Waals surface area contributed by atoms with Gasteiger partial charge in [-0.1, -0.05) is 12.1 Å². The molecular weight excluding hydrogens is 344 g/mol. The van der Waals surface area contributed by atoms with Crippen molar-refractivity contribution >= 4 is 5.91 Å². The number of hydrogen-bond acceptors (Lipinski definition) is 5. The summed E-state index contributed by atoms with van der Waals surface area (Å²) in [6.45, 7) is 3.94. The number of ether oxygens (including phenoxy) is 3. The lowest BCUT2D eigenvalue weighted by Crippen LogP contribution is -2.46. The second-order valence-corrected chi connectivity index (χ2v) is 7.73. The fraction of sp³-hybridized carbons (Fsp3) is 0.667. The molecule has 1 spiro atoms.